The molecule has 2 aromatic rings. The highest BCUT2D eigenvalue weighted by Crippen LogP contribution is 2.22. The Morgan fingerprint density at radius 3 is 2.60 bits per heavy atom. The van der Waals surface area contributed by atoms with Gasteiger partial charge in [-0.05, 0) is 48.4 Å². The van der Waals surface area contributed by atoms with E-state index in [-0.39, 0.29) is 18.4 Å². The Bertz CT molecular complexity index is 775. The number of carbonyl (C=O) groups is 2. The first-order valence-electron chi connectivity index (χ1n) is 7.93. The minimum atomic E-state index is -0.303. The lowest BCUT2D eigenvalue weighted by atomic mass is 10.1. The topological polar surface area (TPSA) is 58.6 Å². The zero-order valence-electron chi connectivity index (χ0n) is 14.5. The number of rotatable bonds is 6. The first-order chi connectivity index (χ1) is 11.9. The van der Waals surface area contributed by atoms with E-state index in [0.717, 1.165) is 12.0 Å². The van der Waals surface area contributed by atoms with Crippen molar-refractivity contribution in [3.63, 3.8) is 0 Å². The Kier molecular flexibility index (Phi) is 6.42. The number of nitrogens with one attached hydrogen (secondary N) is 1. The van der Waals surface area contributed by atoms with Crippen molar-refractivity contribution in [2.75, 3.05) is 26.0 Å². The molecule has 2 amide bonds. The summed E-state index contributed by atoms with van der Waals surface area (Å²) in [5.74, 6) is 0.163. The normalized spacial score (nSPS) is 10.2. The average Bonchev–Trinajstić information content (AvgIpc) is 2.60. The predicted molar refractivity (Wildman–Crippen MR) is 99.4 cm³/mol. The number of halogens is 1. The minimum absolute atomic E-state index is 0.124. The van der Waals surface area contributed by atoms with Crippen LogP contribution in [0, 0.1) is 0 Å². The molecule has 5 nitrogen and oxygen atoms in total. The number of carbonyl (C=O) groups excluding carboxylic acids is 2. The number of aryl methyl sites for hydroxylation is 1. The highest BCUT2D eigenvalue weighted by atomic mass is 35.5. The van der Waals surface area contributed by atoms with E-state index in [4.69, 9.17) is 16.3 Å². The van der Waals surface area contributed by atoms with E-state index >= 15 is 0 Å². The van der Waals surface area contributed by atoms with Gasteiger partial charge in [-0.3, -0.25) is 9.59 Å². The third kappa shape index (κ3) is 5.22. The molecule has 25 heavy (non-hydrogen) atoms. The van der Waals surface area contributed by atoms with Crippen molar-refractivity contribution in [1.82, 2.24) is 4.90 Å². The Morgan fingerprint density at radius 2 is 1.92 bits per heavy atom. The SMILES string of the molecule is CCc1cc(OCC(=O)Nc2cccc(C(=O)N(C)C)c2)ccc1Cl. The van der Waals surface area contributed by atoms with Gasteiger partial charge in [-0.1, -0.05) is 24.6 Å². The maximum Gasteiger partial charge on any atom is 0.262 e. The van der Waals surface area contributed by atoms with Crippen LogP contribution in [0.4, 0.5) is 5.69 Å². The van der Waals surface area contributed by atoms with Crippen LogP contribution in [0.2, 0.25) is 5.02 Å². The maximum absolute atomic E-state index is 12.1. The van der Waals surface area contributed by atoms with Gasteiger partial charge in [-0.15, -0.1) is 0 Å². The molecule has 0 bridgehead atoms. The molecule has 0 saturated carbocycles. The fourth-order valence-electron chi connectivity index (χ4n) is 2.25. The number of hydrogen-bond donors (Lipinski definition) is 1. The molecule has 2 aromatic carbocycles. The van der Waals surface area contributed by atoms with Crippen molar-refractivity contribution in [1.29, 1.82) is 0 Å². The van der Waals surface area contributed by atoms with E-state index in [2.05, 4.69) is 5.32 Å². The highest BCUT2D eigenvalue weighted by Gasteiger charge is 2.10. The Balaban J connectivity index is 1.96. The summed E-state index contributed by atoms with van der Waals surface area (Å²) in [4.78, 5) is 25.5. The predicted octanol–water partition coefficient (Wildman–Crippen LogP) is 3.62. The van der Waals surface area contributed by atoms with Gasteiger partial charge in [0.15, 0.2) is 6.61 Å². The monoisotopic (exact) mass is 360 g/mol. The second kappa shape index (κ2) is 8.53. The molecule has 0 aliphatic rings. The maximum atomic E-state index is 12.1. The molecule has 2 rings (SSSR count). The number of anilines is 1. The Morgan fingerprint density at radius 1 is 1.16 bits per heavy atom. The van der Waals surface area contributed by atoms with Crippen LogP contribution in [0.15, 0.2) is 42.5 Å². The van der Waals surface area contributed by atoms with Crippen molar-refractivity contribution in [2.24, 2.45) is 0 Å². The van der Waals surface area contributed by atoms with Crippen LogP contribution in [0.25, 0.3) is 0 Å². The van der Waals surface area contributed by atoms with Gasteiger partial charge in [0.05, 0.1) is 0 Å². The summed E-state index contributed by atoms with van der Waals surface area (Å²) >= 11 is 6.06. The summed E-state index contributed by atoms with van der Waals surface area (Å²) in [6.45, 7) is 1.87. The zero-order chi connectivity index (χ0) is 18.4. The third-order valence-electron chi connectivity index (χ3n) is 3.57. The van der Waals surface area contributed by atoms with Gasteiger partial charge in [0, 0.05) is 30.4 Å². The number of nitrogens with zero attached hydrogens (tertiary/aromatic N) is 1. The smallest absolute Gasteiger partial charge is 0.262 e. The van der Waals surface area contributed by atoms with Crippen molar-refractivity contribution in [2.45, 2.75) is 13.3 Å². The molecule has 6 heteroatoms. The summed E-state index contributed by atoms with van der Waals surface area (Å²) in [7, 11) is 3.36. The third-order valence-corrected chi connectivity index (χ3v) is 3.94. The standard InChI is InChI=1S/C19H21ClN2O3/c1-4-13-11-16(8-9-17(13)20)25-12-18(23)21-15-7-5-6-14(10-15)19(24)22(2)3/h5-11H,4,12H2,1-3H3,(H,21,23). The van der Waals surface area contributed by atoms with Gasteiger partial charge in [0.25, 0.3) is 11.8 Å². The lowest BCUT2D eigenvalue weighted by Crippen LogP contribution is -2.23. The zero-order valence-corrected chi connectivity index (χ0v) is 15.3. The van der Waals surface area contributed by atoms with Crippen molar-refractivity contribution in [3.8, 4) is 5.75 Å². The largest absolute Gasteiger partial charge is 0.484 e. The minimum Gasteiger partial charge on any atom is -0.484 e. The van der Waals surface area contributed by atoms with Gasteiger partial charge >= 0.3 is 0 Å². The molecule has 0 aliphatic heterocycles. The van der Waals surface area contributed by atoms with E-state index in [1.165, 1.54) is 4.90 Å². The Hall–Kier alpha value is -2.53. The van der Waals surface area contributed by atoms with Crippen LogP contribution in [-0.2, 0) is 11.2 Å². The van der Waals surface area contributed by atoms with Crippen molar-refractivity contribution in [3.05, 3.63) is 58.6 Å². The first kappa shape index (κ1) is 18.8. The molecule has 1 N–H and O–H groups in total. The molecule has 0 heterocycles. The van der Waals surface area contributed by atoms with E-state index in [1.807, 2.05) is 13.0 Å². The lowest BCUT2D eigenvalue weighted by Gasteiger charge is -2.12. The summed E-state index contributed by atoms with van der Waals surface area (Å²) in [5.41, 5.74) is 2.02. The van der Waals surface area contributed by atoms with Crippen molar-refractivity contribution < 1.29 is 14.3 Å². The van der Waals surface area contributed by atoms with Gasteiger partial charge in [0.1, 0.15) is 5.75 Å². The summed E-state index contributed by atoms with van der Waals surface area (Å²) in [6, 6.07) is 12.1. The molecule has 0 aromatic heterocycles. The second-order valence-corrected chi connectivity index (χ2v) is 6.13. The fraction of sp³-hybridized carbons (Fsp3) is 0.263. The van der Waals surface area contributed by atoms with E-state index in [1.54, 1.807) is 50.5 Å². The molecule has 0 atom stereocenters. The molecule has 0 aliphatic carbocycles. The molecule has 132 valence electrons. The van der Waals surface area contributed by atoms with Gasteiger partial charge in [-0.25, -0.2) is 0 Å². The molecule has 0 unspecified atom stereocenters. The first-order valence-corrected chi connectivity index (χ1v) is 8.31. The molecule has 0 radical (unpaired) electrons. The van der Waals surface area contributed by atoms with Crippen LogP contribution in [-0.4, -0.2) is 37.4 Å². The fourth-order valence-corrected chi connectivity index (χ4v) is 2.50. The quantitative estimate of drug-likeness (QED) is 0.855. The molecule has 0 saturated heterocycles. The van der Waals surface area contributed by atoms with E-state index in [9.17, 15) is 9.59 Å². The highest BCUT2D eigenvalue weighted by molar-refractivity contribution is 6.31. The van der Waals surface area contributed by atoms with Crippen LogP contribution in [0.5, 0.6) is 5.75 Å². The molecule has 0 spiro atoms. The van der Waals surface area contributed by atoms with Gasteiger partial charge in [0.2, 0.25) is 0 Å². The van der Waals surface area contributed by atoms with Crippen LogP contribution >= 0.6 is 11.6 Å². The van der Waals surface area contributed by atoms with Crippen LogP contribution in [0.1, 0.15) is 22.8 Å². The van der Waals surface area contributed by atoms with Gasteiger partial charge in [-0.2, -0.15) is 0 Å². The number of ether oxygens (including phenoxy) is 1. The number of benzene rings is 2. The average molecular weight is 361 g/mol. The van der Waals surface area contributed by atoms with Crippen LogP contribution in [0.3, 0.4) is 0 Å². The summed E-state index contributed by atoms with van der Waals surface area (Å²) in [5, 5.41) is 3.41. The number of amides is 2. The molecular weight excluding hydrogens is 340 g/mol. The molecular formula is C19H21ClN2O3. The molecule has 0 fully saturated rings. The summed E-state index contributed by atoms with van der Waals surface area (Å²) in [6.07, 6.45) is 0.787. The van der Waals surface area contributed by atoms with Crippen molar-refractivity contribution >= 4 is 29.1 Å². The number of hydrogen-bond acceptors (Lipinski definition) is 3. The Labute approximate surface area is 152 Å². The van der Waals surface area contributed by atoms with E-state index < -0.39 is 0 Å². The lowest BCUT2D eigenvalue weighted by molar-refractivity contribution is -0.118. The second-order valence-electron chi connectivity index (χ2n) is 5.72. The van der Waals surface area contributed by atoms with Crippen LogP contribution < -0.4 is 10.1 Å². The van der Waals surface area contributed by atoms with E-state index in [0.29, 0.717) is 22.0 Å². The summed E-state index contributed by atoms with van der Waals surface area (Å²) < 4.78 is 5.51. The van der Waals surface area contributed by atoms with Gasteiger partial charge < -0.3 is 15.0 Å².